The molecular formula is C20H38F12N6O6P2S3. The van der Waals surface area contributed by atoms with Gasteiger partial charge in [0.1, 0.15) is 12.1 Å². The molecule has 4 atom stereocenters. The van der Waals surface area contributed by atoms with E-state index >= 15 is 0 Å². The molecule has 0 spiro atoms. The van der Waals surface area contributed by atoms with Crippen LogP contribution in [0.2, 0.25) is 0 Å². The molecule has 0 unspecified atom stereocenters. The molecule has 0 aliphatic carbocycles. The number of nitrogens with one attached hydrogen (secondary N) is 4. The average Bonchev–Trinajstić information content (AvgIpc) is 2.86. The molecule has 4 aliphatic heterocycles. The summed E-state index contributed by atoms with van der Waals surface area (Å²) < 4.78 is 178. The van der Waals surface area contributed by atoms with Gasteiger partial charge < -0.3 is 0 Å². The Morgan fingerprint density at radius 1 is 0.571 bits per heavy atom. The summed E-state index contributed by atoms with van der Waals surface area (Å²) in [4.78, 5) is 0. The van der Waals surface area contributed by atoms with Gasteiger partial charge in [0.25, 0.3) is 20.2 Å². The second-order valence-electron chi connectivity index (χ2n) is 11.6. The fraction of sp³-hybridized carbons (Fsp3) is 0.900. The van der Waals surface area contributed by atoms with E-state index < -0.39 is 35.9 Å². The van der Waals surface area contributed by atoms with Crippen LogP contribution in [0.3, 0.4) is 0 Å². The summed E-state index contributed by atoms with van der Waals surface area (Å²) >= 11 is 1.92. The maximum absolute atomic E-state index is 11.3. The molecule has 0 fully saturated rings. The van der Waals surface area contributed by atoms with Crippen molar-refractivity contribution in [2.75, 3.05) is 63.4 Å². The molecule has 29 heteroatoms. The van der Waals surface area contributed by atoms with Gasteiger partial charge in [0, 0.05) is 37.2 Å². The first kappa shape index (κ1) is 43.9. The van der Waals surface area contributed by atoms with Crippen molar-refractivity contribution in [1.29, 1.82) is 0 Å². The standard InChI is InChI=1S/C20H36N6O6S3.2F6P/c1-34(27,28)31-11-15-3-7-25-9-5-17(23-19(25)21-15)13-33-14-18-6-10-26-8-4-16(22-20(26)24-18)12-32-35(2,29)30;2*1-7(2,3,4,5)6/h15-18H,3-14H2,1-2H3,(H2,21,22,23,24);;/q;2*-1/p+2/t15-,16-,17-,18-;;/m1../s1. The molecule has 4 N–H and O–H groups in total. The Bertz CT molecular complexity index is 1350. The van der Waals surface area contributed by atoms with Gasteiger partial charge in [-0.25, -0.2) is 0 Å². The third-order valence-electron chi connectivity index (χ3n) is 6.59. The first-order chi connectivity index (χ1) is 21.4. The molecule has 4 aliphatic rings. The third kappa shape index (κ3) is 25.4. The average molecular weight is 845 g/mol. The van der Waals surface area contributed by atoms with Gasteiger partial charge in [0.2, 0.25) is 0 Å². The molecule has 0 saturated carbocycles. The molecule has 0 amide bonds. The van der Waals surface area contributed by atoms with Crippen LogP contribution in [0.25, 0.3) is 0 Å². The predicted molar refractivity (Wildman–Crippen MR) is 162 cm³/mol. The van der Waals surface area contributed by atoms with Crippen LogP contribution in [0.15, 0.2) is 0 Å². The van der Waals surface area contributed by atoms with Crippen molar-refractivity contribution in [3.63, 3.8) is 0 Å². The number of thioether (sulfide) groups is 1. The molecule has 0 aromatic carbocycles. The van der Waals surface area contributed by atoms with Gasteiger partial charge in [0.05, 0.1) is 64.0 Å². The van der Waals surface area contributed by atoms with Crippen molar-refractivity contribution >= 4 is 59.5 Å². The van der Waals surface area contributed by atoms with Crippen molar-refractivity contribution in [1.82, 2.24) is 21.3 Å². The van der Waals surface area contributed by atoms with E-state index in [2.05, 4.69) is 30.4 Å². The summed E-state index contributed by atoms with van der Waals surface area (Å²) in [5.41, 5.74) is 0. The second-order valence-corrected chi connectivity index (χ2v) is 19.8. The van der Waals surface area contributed by atoms with Crippen molar-refractivity contribution in [2.45, 2.75) is 49.9 Å². The van der Waals surface area contributed by atoms with Crippen LogP contribution in [0.1, 0.15) is 25.7 Å². The van der Waals surface area contributed by atoms with Crippen LogP contribution in [-0.2, 0) is 28.6 Å². The topological polar surface area (TPSA) is 141 Å². The molecule has 4 heterocycles. The molecule has 49 heavy (non-hydrogen) atoms. The fourth-order valence-electron chi connectivity index (χ4n) is 4.69. The minimum absolute atomic E-state index is 0.0176. The van der Waals surface area contributed by atoms with Gasteiger partial charge in [-0.15, -0.1) is 0 Å². The molecule has 12 nitrogen and oxygen atoms in total. The van der Waals surface area contributed by atoms with Crippen LogP contribution >= 0.6 is 27.4 Å². The summed E-state index contributed by atoms with van der Waals surface area (Å²) in [7, 11) is -28.2. The van der Waals surface area contributed by atoms with Crippen molar-refractivity contribution in [2.24, 2.45) is 0 Å². The number of nitrogens with zero attached hydrogens (tertiary/aromatic N) is 2. The number of rotatable bonds is 10. The SMILES string of the molecule is CS(=O)(=O)OC[C@H]1CC[N+]2=C(N1)N[C@@H](CSC[C@H]1CC[N+]3=C(N[C@@H](COS(C)(=O)=O)CC3)N1)CC2.F[P-](F)(F)(F)(F)F.F[P-](F)(F)(F)(F)F. The van der Waals surface area contributed by atoms with Crippen LogP contribution in [0, 0.1) is 0 Å². The Hall–Kier alpha value is -1.27. The van der Waals surface area contributed by atoms with E-state index in [1.54, 1.807) is 0 Å². The van der Waals surface area contributed by atoms with Gasteiger partial charge >= 0.3 is 77.9 Å². The molecule has 0 bridgehead atoms. The summed E-state index contributed by atoms with van der Waals surface area (Å²) in [6.45, 7) is 4.03. The summed E-state index contributed by atoms with van der Waals surface area (Å²) in [6.07, 6.45) is 5.98. The van der Waals surface area contributed by atoms with E-state index in [0.29, 0.717) is 12.1 Å². The zero-order valence-corrected chi connectivity index (χ0v) is 30.0. The van der Waals surface area contributed by atoms with Crippen LogP contribution < -0.4 is 21.3 Å². The first-order valence-corrected chi connectivity index (χ1v) is 23.0. The van der Waals surface area contributed by atoms with Gasteiger partial charge in [-0.3, -0.25) is 38.8 Å². The zero-order chi connectivity index (χ0) is 37.9. The van der Waals surface area contributed by atoms with Crippen LogP contribution in [-0.4, -0.2) is 125 Å². The zero-order valence-electron chi connectivity index (χ0n) is 25.8. The van der Waals surface area contributed by atoms with Crippen molar-refractivity contribution in [3.05, 3.63) is 0 Å². The molecule has 0 saturated heterocycles. The number of hydrogen-bond donors (Lipinski definition) is 4. The van der Waals surface area contributed by atoms with Crippen LogP contribution in [0.5, 0.6) is 0 Å². The maximum atomic E-state index is 11.3. The van der Waals surface area contributed by atoms with Gasteiger partial charge in [0.15, 0.2) is 0 Å². The molecule has 0 aromatic heterocycles. The number of guanidine groups is 2. The predicted octanol–water partition coefficient (Wildman–Crippen LogP) is 4.62. The Kier molecular flexibility index (Phi) is 12.5. The fourth-order valence-corrected chi connectivity index (χ4v) is 6.72. The Morgan fingerprint density at radius 3 is 1.08 bits per heavy atom. The summed E-state index contributed by atoms with van der Waals surface area (Å²) in [5.74, 6) is 3.93. The van der Waals surface area contributed by atoms with Gasteiger partial charge in [-0.05, 0) is 0 Å². The van der Waals surface area contributed by atoms with E-state index in [0.717, 1.165) is 87.8 Å². The summed E-state index contributed by atoms with van der Waals surface area (Å²) in [6, 6.07) is 0.671. The van der Waals surface area contributed by atoms with E-state index in [9.17, 15) is 67.2 Å². The van der Waals surface area contributed by atoms with E-state index in [1.807, 2.05) is 11.8 Å². The Balaban J connectivity index is 0.000000500. The van der Waals surface area contributed by atoms with E-state index in [1.165, 1.54) is 0 Å². The normalized spacial score (nSPS) is 27.6. The molecule has 296 valence electrons. The van der Waals surface area contributed by atoms with Crippen LogP contribution in [0.4, 0.5) is 50.4 Å². The Labute approximate surface area is 278 Å². The number of hydrogen-bond acceptors (Lipinski definition) is 11. The molecule has 4 rings (SSSR count). The van der Waals surface area contributed by atoms with Gasteiger partial charge in [-0.1, -0.05) is 0 Å². The van der Waals surface area contributed by atoms with E-state index in [-0.39, 0.29) is 25.3 Å². The van der Waals surface area contributed by atoms with E-state index in [4.69, 9.17) is 8.37 Å². The Morgan fingerprint density at radius 2 is 0.816 bits per heavy atom. The quantitative estimate of drug-likeness (QED) is 0.106. The second kappa shape index (κ2) is 13.9. The minimum atomic E-state index is -10.7. The monoisotopic (exact) mass is 844 g/mol. The summed E-state index contributed by atoms with van der Waals surface area (Å²) in [5, 5.41) is 14.0. The molecule has 0 radical (unpaired) electrons. The van der Waals surface area contributed by atoms with Gasteiger partial charge in [-0.2, -0.15) is 28.6 Å². The van der Waals surface area contributed by atoms with Crippen molar-refractivity contribution in [3.8, 4) is 0 Å². The molecule has 0 aromatic rings. The first-order valence-electron chi connectivity index (χ1n) is 14.1. The number of halogens is 12. The van der Waals surface area contributed by atoms with Crippen molar-refractivity contribution < 1.29 is 84.7 Å². The third-order valence-corrected chi connectivity index (χ3v) is 9.00. The molecular weight excluding hydrogens is 806 g/mol.